The van der Waals surface area contributed by atoms with Crippen molar-refractivity contribution in [2.45, 2.75) is 39.8 Å². The molecule has 3 nitrogen and oxygen atoms in total. The van der Waals surface area contributed by atoms with Gasteiger partial charge < -0.3 is 4.90 Å². The van der Waals surface area contributed by atoms with Gasteiger partial charge in [0.1, 0.15) is 11.6 Å². The monoisotopic (exact) mass is 284 g/mol. The van der Waals surface area contributed by atoms with Crippen molar-refractivity contribution in [1.29, 1.82) is 0 Å². The van der Waals surface area contributed by atoms with Gasteiger partial charge >= 0.3 is 0 Å². The molecule has 0 aliphatic carbocycles. The largest absolute Gasteiger partial charge is 0.342 e. The van der Waals surface area contributed by atoms with E-state index >= 15 is 0 Å². The summed E-state index contributed by atoms with van der Waals surface area (Å²) in [7, 11) is 0. The van der Waals surface area contributed by atoms with E-state index < -0.39 is 23.7 Å². The van der Waals surface area contributed by atoms with Crippen LogP contribution < -0.4 is 5.32 Å². The molecule has 1 aromatic carbocycles. The zero-order valence-electron chi connectivity index (χ0n) is 12.4. The Bertz CT molecular complexity index is 461. The highest BCUT2D eigenvalue weighted by Gasteiger charge is 2.21. The lowest BCUT2D eigenvalue weighted by molar-refractivity contribution is -0.132. The summed E-state index contributed by atoms with van der Waals surface area (Å²) < 4.78 is 26.8. The van der Waals surface area contributed by atoms with Crippen LogP contribution in [0.25, 0.3) is 0 Å². The molecule has 0 aliphatic heterocycles. The van der Waals surface area contributed by atoms with E-state index in [0.717, 1.165) is 18.2 Å². The van der Waals surface area contributed by atoms with Crippen molar-refractivity contribution in [1.82, 2.24) is 10.2 Å². The number of nitrogens with one attached hydrogen (secondary N) is 1. The summed E-state index contributed by atoms with van der Waals surface area (Å²) in [5, 5.41) is 3.02. The van der Waals surface area contributed by atoms with Gasteiger partial charge in [-0.15, -0.1) is 0 Å². The van der Waals surface area contributed by atoms with Crippen molar-refractivity contribution >= 4 is 5.91 Å². The fourth-order valence-corrected chi connectivity index (χ4v) is 2.19. The number of rotatable bonds is 6. The molecule has 0 aromatic heterocycles. The molecule has 0 saturated heterocycles. The number of carbonyl (C=O) groups excluding carboxylic acids is 1. The van der Waals surface area contributed by atoms with Crippen LogP contribution >= 0.6 is 0 Å². The summed E-state index contributed by atoms with van der Waals surface area (Å²) in [5.41, 5.74) is 0.226. The van der Waals surface area contributed by atoms with Gasteiger partial charge in [-0.05, 0) is 45.9 Å². The van der Waals surface area contributed by atoms with E-state index in [1.807, 2.05) is 13.8 Å². The topological polar surface area (TPSA) is 32.3 Å². The smallest absolute Gasteiger partial charge is 0.239 e. The summed E-state index contributed by atoms with van der Waals surface area (Å²) in [6.07, 6.45) is 0. The number of hydrogen-bond donors (Lipinski definition) is 1. The summed E-state index contributed by atoms with van der Waals surface area (Å²) in [5.74, 6) is -1.01. The van der Waals surface area contributed by atoms with E-state index in [1.54, 1.807) is 18.7 Å². The van der Waals surface area contributed by atoms with Crippen molar-refractivity contribution in [2.75, 3.05) is 13.1 Å². The molecular weight excluding hydrogens is 262 g/mol. The van der Waals surface area contributed by atoms with Gasteiger partial charge in [-0.3, -0.25) is 10.1 Å². The van der Waals surface area contributed by atoms with Crippen molar-refractivity contribution in [3.05, 3.63) is 35.4 Å². The molecule has 0 radical (unpaired) electrons. The number of halogens is 2. The Morgan fingerprint density at radius 2 is 1.85 bits per heavy atom. The number of nitrogens with zero attached hydrogens (tertiary/aromatic N) is 1. The van der Waals surface area contributed by atoms with Crippen molar-refractivity contribution < 1.29 is 13.6 Å². The van der Waals surface area contributed by atoms with Crippen LogP contribution in [-0.2, 0) is 4.79 Å². The molecular formula is C15H22F2N2O. The average molecular weight is 284 g/mol. The minimum Gasteiger partial charge on any atom is -0.342 e. The second kappa shape index (κ2) is 7.33. The van der Waals surface area contributed by atoms with Crippen LogP contribution in [0.15, 0.2) is 18.2 Å². The maximum Gasteiger partial charge on any atom is 0.239 e. The number of benzene rings is 1. The molecule has 5 heteroatoms. The first-order valence-corrected chi connectivity index (χ1v) is 6.90. The van der Waals surface area contributed by atoms with Gasteiger partial charge in [-0.2, -0.15) is 0 Å². The molecule has 0 heterocycles. The van der Waals surface area contributed by atoms with Crippen molar-refractivity contribution in [3.63, 3.8) is 0 Å². The molecule has 112 valence electrons. The van der Waals surface area contributed by atoms with E-state index in [9.17, 15) is 13.6 Å². The fourth-order valence-electron chi connectivity index (χ4n) is 2.19. The molecule has 1 amide bonds. The highest BCUT2D eigenvalue weighted by Crippen LogP contribution is 2.18. The lowest BCUT2D eigenvalue weighted by atomic mass is 10.1. The van der Waals surface area contributed by atoms with Crippen LogP contribution in [0.2, 0.25) is 0 Å². The predicted octanol–water partition coefficient (Wildman–Crippen LogP) is 2.87. The van der Waals surface area contributed by atoms with Crippen LogP contribution in [-0.4, -0.2) is 29.9 Å². The molecule has 1 rings (SSSR count). The first-order valence-electron chi connectivity index (χ1n) is 6.90. The summed E-state index contributed by atoms with van der Waals surface area (Å²) in [4.78, 5) is 13.8. The zero-order valence-corrected chi connectivity index (χ0v) is 12.4. The maximum atomic E-state index is 13.7. The Kier molecular flexibility index (Phi) is 6.07. The van der Waals surface area contributed by atoms with Gasteiger partial charge in [0.05, 0.1) is 6.04 Å². The molecule has 1 aromatic rings. The third-order valence-electron chi connectivity index (χ3n) is 3.37. The normalized spacial score (nSPS) is 13.9. The second-order valence-electron chi connectivity index (χ2n) is 4.79. The van der Waals surface area contributed by atoms with Crippen molar-refractivity contribution in [3.8, 4) is 0 Å². The third-order valence-corrected chi connectivity index (χ3v) is 3.37. The lowest BCUT2D eigenvalue weighted by Crippen LogP contribution is -2.45. The Balaban J connectivity index is 2.77. The van der Waals surface area contributed by atoms with Gasteiger partial charge in [-0.1, -0.05) is 0 Å². The van der Waals surface area contributed by atoms with Crippen LogP contribution in [0.4, 0.5) is 8.78 Å². The number of amides is 1. The van der Waals surface area contributed by atoms with E-state index in [-0.39, 0.29) is 11.5 Å². The number of hydrogen-bond acceptors (Lipinski definition) is 2. The first-order chi connectivity index (χ1) is 9.40. The highest BCUT2D eigenvalue weighted by molar-refractivity contribution is 5.81. The average Bonchev–Trinajstić information content (AvgIpc) is 2.42. The van der Waals surface area contributed by atoms with E-state index in [1.165, 1.54) is 0 Å². The minimum atomic E-state index is -0.488. The lowest BCUT2D eigenvalue weighted by Gasteiger charge is -2.26. The molecule has 0 bridgehead atoms. The standard InChI is InChI=1S/C15H22F2N2O/c1-5-19(6-2)15(20)11(4)18-10(3)13-9-12(16)7-8-14(13)17/h7-11,18H,5-6H2,1-4H3. The van der Waals surface area contributed by atoms with Crippen LogP contribution in [0, 0.1) is 11.6 Å². The Labute approximate surface area is 119 Å². The van der Waals surface area contributed by atoms with E-state index in [2.05, 4.69) is 5.32 Å². The van der Waals surface area contributed by atoms with E-state index in [4.69, 9.17) is 0 Å². The highest BCUT2D eigenvalue weighted by atomic mass is 19.1. The van der Waals surface area contributed by atoms with Gasteiger partial charge in [0, 0.05) is 24.7 Å². The van der Waals surface area contributed by atoms with Crippen LogP contribution in [0.1, 0.15) is 39.3 Å². The van der Waals surface area contributed by atoms with Crippen LogP contribution in [0.3, 0.4) is 0 Å². The molecule has 2 atom stereocenters. The molecule has 1 N–H and O–H groups in total. The quantitative estimate of drug-likeness (QED) is 0.871. The summed E-state index contributed by atoms with van der Waals surface area (Å²) in [6.45, 7) is 8.51. The Morgan fingerprint density at radius 1 is 1.25 bits per heavy atom. The third kappa shape index (κ3) is 4.00. The maximum absolute atomic E-state index is 13.7. The fraction of sp³-hybridized carbons (Fsp3) is 0.533. The number of carbonyl (C=O) groups is 1. The molecule has 2 unspecified atom stereocenters. The van der Waals surface area contributed by atoms with Gasteiger partial charge in [-0.25, -0.2) is 8.78 Å². The predicted molar refractivity (Wildman–Crippen MR) is 75.3 cm³/mol. The van der Waals surface area contributed by atoms with Gasteiger partial charge in [0.2, 0.25) is 5.91 Å². The Morgan fingerprint density at radius 3 is 2.40 bits per heavy atom. The van der Waals surface area contributed by atoms with Crippen molar-refractivity contribution in [2.24, 2.45) is 0 Å². The molecule has 0 aliphatic rings. The van der Waals surface area contributed by atoms with E-state index in [0.29, 0.717) is 13.1 Å². The molecule has 0 saturated carbocycles. The Hall–Kier alpha value is -1.49. The van der Waals surface area contributed by atoms with Gasteiger partial charge in [0.15, 0.2) is 0 Å². The van der Waals surface area contributed by atoms with Crippen LogP contribution in [0.5, 0.6) is 0 Å². The second-order valence-corrected chi connectivity index (χ2v) is 4.79. The number of likely N-dealkylation sites (N-methyl/N-ethyl adjacent to an activating group) is 1. The molecule has 0 spiro atoms. The minimum absolute atomic E-state index is 0.0429. The summed E-state index contributed by atoms with van der Waals surface area (Å²) in [6, 6.07) is 2.44. The summed E-state index contributed by atoms with van der Waals surface area (Å²) >= 11 is 0. The molecule has 0 fully saturated rings. The SMILES string of the molecule is CCN(CC)C(=O)C(C)NC(C)c1cc(F)ccc1F. The molecule has 20 heavy (non-hydrogen) atoms. The first kappa shape index (κ1) is 16.6. The zero-order chi connectivity index (χ0) is 15.3. The van der Waals surface area contributed by atoms with Gasteiger partial charge in [0.25, 0.3) is 0 Å².